The molecule has 0 unspecified atom stereocenters. The summed E-state index contributed by atoms with van der Waals surface area (Å²) in [7, 11) is 0. The lowest BCUT2D eigenvalue weighted by Crippen LogP contribution is -2.39. The molecule has 0 bridgehead atoms. The molecule has 278 valence electrons. The number of carbonyl (C=O) groups excluding carboxylic acids is 1. The van der Waals surface area contributed by atoms with Crippen molar-refractivity contribution in [2.24, 2.45) is 0 Å². The molecule has 0 amide bonds. The first kappa shape index (κ1) is 36.5. The maximum Gasteiger partial charge on any atom is 0.330 e. The van der Waals surface area contributed by atoms with E-state index in [1.165, 1.54) is 11.6 Å². The first-order valence-electron chi connectivity index (χ1n) is 19.1. The Balaban J connectivity index is 1.18. The number of esters is 1. The van der Waals surface area contributed by atoms with Crippen molar-refractivity contribution in [2.45, 2.75) is 45.2 Å². The van der Waals surface area contributed by atoms with Crippen LogP contribution in [0.4, 0.5) is 0 Å². The fourth-order valence-corrected chi connectivity index (χ4v) is 8.42. The van der Waals surface area contributed by atoms with E-state index < -0.39 is 5.54 Å². The smallest absolute Gasteiger partial charge is 0.330 e. The van der Waals surface area contributed by atoms with Crippen LogP contribution < -0.4 is 0 Å². The summed E-state index contributed by atoms with van der Waals surface area (Å²) < 4.78 is 9.40. The highest BCUT2D eigenvalue weighted by molar-refractivity contribution is 7.12. The molecule has 0 fully saturated rings. The van der Waals surface area contributed by atoms with Crippen molar-refractivity contribution >= 4 is 34.4 Å². The Kier molecular flexibility index (Phi) is 10.8. The molecule has 3 heterocycles. The van der Waals surface area contributed by atoms with Gasteiger partial charge in [-0.2, -0.15) is 0 Å². The molecule has 9 heteroatoms. The van der Waals surface area contributed by atoms with Crippen LogP contribution in [0.5, 0.6) is 0 Å². The van der Waals surface area contributed by atoms with E-state index in [9.17, 15) is 4.79 Å². The van der Waals surface area contributed by atoms with Crippen molar-refractivity contribution in [3.05, 3.63) is 184 Å². The number of aryl methyl sites for hydroxylation is 1. The zero-order valence-corrected chi connectivity index (χ0v) is 32.3. The van der Waals surface area contributed by atoms with Gasteiger partial charge < -0.3 is 9.30 Å². The summed E-state index contributed by atoms with van der Waals surface area (Å²) in [6.45, 7) is 5.03. The fourth-order valence-electron chi connectivity index (χ4n) is 7.53. The molecule has 5 aromatic carbocycles. The van der Waals surface area contributed by atoms with Gasteiger partial charge in [-0.1, -0.05) is 153 Å². The number of unbranched alkanes of at least 4 members (excludes halogenated alkanes) is 1. The van der Waals surface area contributed by atoms with Crippen molar-refractivity contribution in [1.29, 1.82) is 0 Å². The molecule has 0 radical (unpaired) electrons. The van der Waals surface area contributed by atoms with Crippen molar-refractivity contribution < 1.29 is 9.53 Å². The lowest BCUT2D eigenvalue weighted by molar-refractivity contribution is -0.137. The van der Waals surface area contributed by atoms with Crippen molar-refractivity contribution in [2.75, 3.05) is 6.61 Å². The largest absolute Gasteiger partial charge is 0.463 e. The Morgan fingerprint density at radius 1 is 0.768 bits per heavy atom. The minimum absolute atomic E-state index is 0.347. The van der Waals surface area contributed by atoms with Gasteiger partial charge in [0.1, 0.15) is 16.9 Å². The minimum atomic E-state index is -0.860. The highest BCUT2D eigenvalue weighted by Crippen LogP contribution is 2.43. The third kappa shape index (κ3) is 6.97. The van der Waals surface area contributed by atoms with E-state index >= 15 is 0 Å². The number of aromatic nitrogens is 6. The van der Waals surface area contributed by atoms with Gasteiger partial charge in [0.25, 0.3) is 0 Å². The predicted molar refractivity (Wildman–Crippen MR) is 224 cm³/mol. The molecule has 8 aromatic rings. The summed E-state index contributed by atoms with van der Waals surface area (Å²) in [5, 5.41) is 16.0. The number of rotatable bonds is 14. The van der Waals surface area contributed by atoms with Crippen molar-refractivity contribution in [3.63, 3.8) is 0 Å². The molecule has 0 aliphatic carbocycles. The Bertz CT molecular complexity index is 2480. The summed E-state index contributed by atoms with van der Waals surface area (Å²) in [6, 6.07) is 48.5. The van der Waals surface area contributed by atoms with Gasteiger partial charge in [-0.3, -0.25) is 0 Å². The molecule has 0 N–H and O–H groups in total. The van der Waals surface area contributed by atoms with Gasteiger partial charge in [0.15, 0.2) is 5.82 Å². The van der Waals surface area contributed by atoms with Gasteiger partial charge in [-0.25, -0.2) is 14.5 Å². The van der Waals surface area contributed by atoms with Gasteiger partial charge in [-0.05, 0) is 63.2 Å². The average Bonchev–Trinajstić information content (AvgIpc) is 3.98. The Labute approximate surface area is 330 Å². The normalized spacial score (nSPS) is 11.8. The van der Waals surface area contributed by atoms with E-state index in [-0.39, 0.29) is 5.97 Å². The van der Waals surface area contributed by atoms with Crippen LogP contribution in [0.25, 0.3) is 39.6 Å². The van der Waals surface area contributed by atoms with Crippen LogP contribution in [-0.4, -0.2) is 42.3 Å². The third-order valence-electron chi connectivity index (χ3n) is 10.2. The number of hydrogen-bond donors (Lipinski definition) is 0. The second-order valence-corrected chi connectivity index (χ2v) is 14.5. The van der Waals surface area contributed by atoms with Gasteiger partial charge in [0.2, 0.25) is 0 Å². The Morgan fingerprint density at radius 2 is 1.38 bits per heavy atom. The summed E-state index contributed by atoms with van der Waals surface area (Å²) >= 11 is 1.59. The molecule has 0 saturated carbocycles. The molecule has 56 heavy (non-hydrogen) atoms. The van der Waals surface area contributed by atoms with E-state index in [0.717, 1.165) is 74.4 Å². The Hall–Kier alpha value is -6.45. The average molecular weight is 755 g/mol. The number of thiophene rings is 1. The number of carbonyl (C=O) groups is 1. The molecular weight excluding hydrogens is 713 g/mol. The quantitative estimate of drug-likeness (QED) is 0.0624. The zero-order valence-electron chi connectivity index (χ0n) is 31.5. The van der Waals surface area contributed by atoms with E-state index in [0.29, 0.717) is 19.0 Å². The molecule has 3 aromatic heterocycles. The number of imidazole rings is 1. The second kappa shape index (κ2) is 16.5. The van der Waals surface area contributed by atoms with Crippen LogP contribution in [-0.2, 0) is 28.0 Å². The first-order chi connectivity index (χ1) is 27.6. The summed E-state index contributed by atoms with van der Waals surface area (Å²) in [5.74, 6) is 1.36. The minimum Gasteiger partial charge on any atom is -0.463 e. The van der Waals surface area contributed by atoms with Crippen LogP contribution >= 0.6 is 11.3 Å². The maximum atomic E-state index is 12.0. The summed E-state index contributed by atoms with van der Waals surface area (Å²) in [6.07, 6.45) is 6.31. The molecule has 0 atom stereocenters. The first-order valence-corrected chi connectivity index (χ1v) is 19.9. The summed E-state index contributed by atoms with van der Waals surface area (Å²) in [5.41, 5.74) is 8.47. The number of hydrogen-bond acceptors (Lipinski definition) is 7. The van der Waals surface area contributed by atoms with Crippen molar-refractivity contribution in [3.8, 4) is 22.5 Å². The van der Waals surface area contributed by atoms with Crippen LogP contribution in [0.1, 0.15) is 59.6 Å². The third-order valence-corrected chi connectivity index (χ3v) is 11.1. The van der Waals surface area contributed by atoms with Gasteiger partial charge in [0, 0.05) is 30.0 Å². The van der Waals surface area contributed by atoms with Gasteiger partial charge in [0.05, 0.1) is 17.0 Å². The maximum absolute atomic E-state index is 12.0. The van der Waals surface area contributed by atoms with E-state index in [1.54, 1.807) is 11.3 Å². The number of benzene rings is 5. The van der Waals surface area contributed by atoms with Gasteiger partial charge in [-0.15, -0.1) is 16.4 Å². The number of fused-ring (bicyclic) bond motifs is 1. The predicted octanol–water partition coefficient (Wildman–Crippen LogP) is 10.2. The Morgan fingerprint density at radius 3 is 1.98 bits per heavy atom. The highest BCUT2D eigenvalue weighted by Gasteiger charge is 2.42. The number of ether oxygens (including phenoxy) is 1. The molecule has 0 spiro atoms. The van der Waals surface area contributed by atoms with Gasteiger partial charge >= 0.3 is 5.97 Å². The standard InChI is InChI=1S/C47H42N6O2S/c1-3-5-25-43-48-45-41(33-56-42(45)30-31-44(54)55-4-2)52(43)32-34-26-28-35(29-27-34)39-23-15-16-24-40(39)46-49-50-51-53(46)47(36-17-9-6-10-18-36,37-19-11-7-12-20-37)38-21-13-8-14-22-38/h6-24,26-31,33H,3-5,25,32H2,1-2H3/b31-30+. The highest BCUT2D eigenvalue weighted by atomic mass is 32.1. The number of tetrazole rings is 1. The zero-order chi connectivity index (χ0) is 38.3. The molecule has 8 nitrogen and oxygen atoms in total. The van der Waals surface area contributed by atoms with E-state index in [4.69, 9.17) is 20.0 Å². The monoisotopic (exact) mass is 754 g/mol. The topological polar surface area (TPSA) is 87.7 Å². The number of nitrogens with zero attached hydrogens (tertiary/aromatic N) is 6. The second-order valence-electron chi connectivity index (χ2n) is 13.6. The SMILES string of the molecule is CCCCc1nc2c(/C=C/C(=O)OCC)scc2n1Cc1ccc(-c2ccccc2-c2nnnn2C(c2ccccc2)(c2ccccc2)c2ccccc2)cc1. The van der Waals surface area contributed by atoms with Crippen LogP contribution in [0.3, 0.4) is 0 Å². The van der Waals surface area contributed by atoms with E-state index in [1.807, 2.05) is 41.9 Å². The summed E-state index contributed by atoms with van der Waals surface area (Å²) in [4.78, 5) is 18.1. The van der Waals surface area contributed by atoms with Crippen molar-refractivity contribution in [1.82, 2.24) is 29.8 Å². The lowest BCUT2D eigenvalue weighted by Gasteiger charge is -2.36. The van der Waals surface area contributed by atoms with Crippen LogP contribution in [0.15, 0.2) is 151 Å². The molecule has 0 aliphatic rings. The molecule has 0 saturated heterocycles. The molecular formula is C47H42N6O2S. The fraction of sp³-hybridized carbons (Fsp3) is 0.170. The lowest BCUT2D eigenvalue weighted by atomic mass is 9.77. The van der Waals surface area contributed by atoms with E-state index in [2.05, 4.69) is 137 Å². The molecule has 8 rings (SSSR count). The van der Waals surface area contributed by atoms with Crippen LogP contribution in [0, 0.1) is 0 Å². The molecule has 0 aliphatic heterocycles. The van der Waals surface area contributed by atoms with Crippen LogP contribution in [0.2, 0.25) is 0 Å².